The van der Waals surface area contributed by atoms with Gasteiger partial charge in [-0.05, 0) is 31.7 Å². The lowest BCUT2D eigenvalue weighted by Crippen LogP contribution is -2.46. The van der Waals surface area contributed by atoms with Crippen molar-refractivity contribution < 1.29 is 0 Å². The molecule has 0 fully saturated rings. The lowest BCUT2D eigenvalue weighted by Gasteiger charge is -2.38. The Hall–Kier alpha value is -0.0800. The normalized spacial score (nSPS) is 17.5. The Labute approximate surface area is 116 Å². The van der Waals surface area contributed by atoms with E-state index in [1.165, 1.54) is 19.4 Å². The highest BCUT2D eigenvalue weighted by Crippen LogP contribution is 2.25. The van der Waals surface area contributed by atoms with Crippen LogP contribution in [0.5, 0.6) is 0 Å². The summed E-state index contributed by atoms with van der Waals surface area (Å²) in [6.07, 6.45) is 2.56. The molecule has 2 unspecified atom stereocenters. The summed E-state index contributed by atoms with van der Waals surface area (Å²) in [5.74, 6) is 0.721. The van der Waals surface area contributed by atoms with Crippen molar-refractivity contribution in [1.82, 2.24) is 10.2 Å². The van der Waals surface area contributed by atoms with Gasteiger partial charge in [-0.2, -0.15) is 0 Å². The van der Waals surface area contributed by atoms with Crippen LogP contribution >= 0.6 is 0 Å². The van der Waals surface area contributed by atoms with Crippen molar-refractivity contribution in [2.75, 3.05) is 20.1 Å². The molecule has 0 aromatic rings. The summed E-state index contributed by atoms with van der Waals surface area (Å²) in [6, 6.07) is 1.23. The molecule has 0 aliphatic rings. The Morgan fingerprint density at radius 2 is 1.67 bits per heavy atom. The monoisotopic (exact) mass is 256 g/mol. The Morgan fingerprint density at radius 1 is 1.11 bits per heavy atom. The van der Waals surface area contributed by atoms with Gasteiger partial charge in [-0.1, -0.05) is 48.0 Å². The number of nitrogens with zero attached hydrogens (tertiary/aromatic N) is 1. The first-order chi connectivity index (χ1) is 8.22. The third kappa shape index (κ3) is 6.75. The van der Waals surface area contributed by atoms with Crippen LogP contribution in [-0.2, 0) is 0 Å². The molecule has 0 amide bonds. The molecule has 0 aliphatic heterocycles. The highest BCUT2D eigenvalue weighted by atomic mass is 15.1. The van der Waals surface area contributed by atoms with E-state index >= 15 is 0 Å². The molecule has 0 aromatic heterocycles. The van der Waals surface area contributed by atoms with Crippen molar-refractivity contribution in [3.8, 4) is 0 Å². The first-order valence-electron chi connectivity index (χ1n) is 7.65. The summed E-state index contributed by atoms with van der Waals surface area (Å²) in [5, 5.41) is 3.62. The maximum atomic E-state index is 3.62. The van der Waals surface area contributed by atoms with Crippen LogP contribution < -0.4 is 5.32 Å². The minimum absolute atomic E-state index is 0.386. The second-order valence-corrected chi connectivity index (χ2v) is 7.00. The summed E-state index contributed by atoms with van der Waals surface area (Å²) in [6.45, 7) is 18.4. The number of hydrogen-bond acceptors (Lipinski definition) is 2. The quantitative estimate of drug-likeness (QED) is 0.675. The average molecular weight is 256 g/mol. The van der Waals surface area contributed by atoms with E-state index in [9.17, 15) is 0 Å². The molecule has 0 saturated heterocycles. The zero-order valence-electron chi connectivity index (χ0n) is 14.0. The van der Waals surface area contributed by atoms with Crippen molar-refractivity contribution in [1.29, 1.82) is 0 Å². The molecule has 2 heteroatoms. The van der Waals surface area contributed by atoms with E-state index in [0.717, 1.165) is 12.5 Å². The Balaban J connectivity index is 4.49. The molecule has 0 spiro atoms. The Bertz CT molecular complexity index is 213. The largest absolute Gasteiger partial charge is 0.314 e. The fraction of sp³-hybridized carbons (Fsp3) is 1.00. The fourth-order valence-corrected chi connectivity index (χ4v) is 2.53. The third-order valence-electron chi connectivity index (χ3n) is 4.08. The van der Waals surface area contributed by atoms with Crippen LogP contribution in [0.4, 0.5) is 0 Å². The smallest absolute Gasteiger partial charge is 0.00871 e. The van der Waals surface area contributed by atoms with Gasteiger partial charge in [0.05, 0.1) is 0 Å². The van der Waals surface area contributed by atoms with Gasteiger partial charge in [-0.3, -0.25) is 0 Å². The van der Waals surface area contributed by atoms with Gasteiger partial charge >= 0.3 is 0 Å². The topological polar surface area (TPSA) is 15.3 Å². The SMILES string of the molecule is CCCC(C)(CNC(C)C)CN(C)C(C)C(C)C. The first-order valence-corrected chi connectivity index (χ1v) is 7.65. The number of hydrogen-bond donors (Lipinski definition) is 1. The molecule has 0 aliphatic carbocycles. The van der Waals surface area contributed by atoms with E-state index in [-0.39, 0.29) is 0 Å². The lowest BCUT2D eigenvalue weighted by molar-refractivity contribution is 0.119. The predicted octanol–water partition coefficient (Wildman–Crippen LogP) is 3.77. The second kappa shape index (κ2) is 8.16. The number of rotatable bonds is 9. The Kier molecular flexibility index (Phi) is 8.13. The molecule has 0 aromatic carbocycles. The molecular formula is C16H36N2. The van der Waals surface area contributed by atoms with Crippen molar-refractivity contribution >= 4 is 0 Å². The maximum absolute atomic E-state index is 3.62. The highest BCUT2D eigenvalue weighted by molar-refractivity contribution is 4.82. The molecular weight excluding hydrogens is 220 g/mol. The van der Waals surface area contributed by atoms with E-state index in [1.54, 1.807) is 0 Å². The Morgan fingerprint density at radius 3 is 2.06 bits per heavy atom. The summed E-state index contributed by atoms with van der Waals surface area (Å²) >= 11 is 0. The molecule has 2 atom stereocenters. The fourth-order valence-electron chi connectivity index (χ4n) is 2.53. The van der Waals surface area contributed by atoms with Crippen LogP contribution in [0, 0.1) is 11.3 Å². The zero-order valence-corrected chi connectivity index (χ0v) is 14.0. The van der Waals surface area contributed by atoms with E-state index in [2.05, 4.69) is 65.7 Å². The van der Waals surface area contributed by atoms with Crippen LogP contribution in [0.1, 0.15) is 61.3 Å². The lowest BCUT2D eigenvalue weighted by atomic mass is 9.84. The van der Waals surface area contributed by atoms with Gasteiger partial charge in [-0.15, -0.1) is 0 Å². The molecule has 0 rings (SSSR count). The standard InChI is InChI=1S/C16H36N2/c1-9-10-16(7,11-17-14(4)5)12-18(8)15(6)13(2)3/h13-15,17H,9-12H2,1-8H3. The zero-order chi connectivity index (χ0) is 14.3. The van der Waals surface area contributed by atoms with Crippen LogP contribution in [0.25, 0.3) is 0 Å². The molecule has 110 valence electrons. The third-order valence-corrected chi connectivity index (χ3v) is 4.08. The van der Waals surface area contributed by atoms with Crippen LogP contribution in [0.3, 0.4) is 0 Å². The predicted molar refractivity (Wildman–Crippen MR) is 83.1 cm³/mol. The summed E-state index contributed by atoms with van der Waals surface area (Å²) < 4.78 is 0. The minimum atomic E-state index is 0.386. The van der Waals surface area contributed by atoms with Crippen LogP contribution in [0.15, 0.2) is 0 Å². The van der Waals surface area contributed by atoms with E-state index in [1.807, 2.05) is 0 Å². The average Bonchev–Trinajstić information content (AvgIpc) is 2.25. The van der Waals surface area contributed by atoms with Gasteiger partial charge in [-0.25, -0.2) is 0 Å². The highest BCUT2D eigenvalue weighted by Gasteiger charge is 2.27. The van der Waals surface area contributed by atoms with Gasteiger partial charge in [0.2, 0.25) is 0 Å². The number of nitrogens with one attached hydrogen (secondary N) is 1. The molecule has 2 nitrogen and oxygen atoms in total. The van der Waals surface area contributed by atoms with E-state index in [4.69, 9.17) is 0 Å². The maximum Gasteiger partial charge on any atom is 0.00871 e. The summed E-state index contributed by atoms with van der Waals surface area (Å²) in [5.41, 5.74) is 0.386. The molecule has 0 saturated carbocycles. The van der Waals surface area contributed by atoms with Crippen LogP contribution in [0.2, 0.25) is 0 Å². The summed E-state index contributed by atoms with van der Waals surface area (Å²) in [7, 11) is 2.27. The van der Waals surface area contributed by atoms with Gasteiger partial charge in [0, 0.05) is 25.2 Å². The first kappa shape index (κ1) is 17.9. The van der Waals surface area contributed by atoms with Crippen molar-refractivity contribution in [2.24, 2.45) is 11.3 Å². The van der Waals surface area contributed by atoms with Gasteiger partial charge in [0.1, 0.15) is 0 Å². The van der Waals surface area contributed by atoms with Crippen LogP contribution in [-0.4, -0.2) is 37.1 Å². The van der Waals surface area contributed by atoms with Crippen molar-refractivity contribution in [3.63, 3.8) is 0 Å². The molecule has 1 N–H and O–H groups in total. The van der Waals surface area contributed by atoms with E-state index in [0.29, 0.717) is 17.5 Å². The molecule has 0 bridgehead atoms. The molecule has 0 heterocycles. The van der Waals surface area contributed by atoms with Gasteiger partial charge in [0.15, 0.2) is 0 Å². The van der Waals surface area contributed by atoms with Gasteiger partial charge in [0.25, 0.3) is 0 Å². The molecule has 0 radical (unpaired) electrons. The van der Waals surface area contributed by atoms with Crippen molar-refractivity contribution in [3.05, 3.63) is 0 Å². The van der Waals surface area contributed by atoms with Crippen molar-refractivity contribution in [2.45, 2.75) is 73.4 Å². The van der Waals surface area contributed by atoms with Gasteiger partial charge < -0.3 is 10.2 Å². The molecule has 18 heavy (non-hydrogen) atoms. The minimum Gasteiger partial charge on any atom is -0.314 e. The second-order valence-electron chi connectivity index (χ2n) is 7.00. The van der Waals surface area contributed by atoms with E-state index < -0.39 is 0 Å². The summed E-state index contributed by atoms with van der Waals surface area (Å²) in [4.78, 5) is 2.53.